The van der Waals surface area contributed by atoms with E-state index in [0.717, 1.165) is 11.0 Å². The number of hydrogen-bond donors (Lipinski definition) is 1. The molecule has 184 valence electrons. The van der Waals surface area contributed by atoms with Gasteiger partial charge in [-0.25, -0.2) is 14.6 Å². The van der Waals surface area contributed by atoms with Gasteiger partial charge in [-0.3, -0.25) is 4.79 Å². The average molecular weight is 488 g/mol. The van der Waals surface area contributed by atoms with Gasteiger partial charge in [0.1, 0.15) is 12.3 Å². The molecule has 4 rings (SSSR count). The van der Waals surface area contributed by atoms with Gasteiger partial charge in [-0.1, -0.05) is 30.3 Å². The number of para-hydroxylation sites is 3. The summed E-state index contributed by atoms with van der Waals surface area (Å²) in [4.78, 5) is 42.0. The molecule has 9 nitrogen and oxygen atoms in total. The van der Waals surface area contributed by atoms with E-state index in [1.165, 1.54) is 32.4 Å². The minimum Gasteiger partial charge on any atom is -0.483 e. The van der Waals surface area contributed by atoms with Crippen LogP contribution in [0.1, 0.15) is 39.6 Å². The van der Waals surface area contributed by atoms with E-state index < -0.39 is 18.0 Å². The fraction of sp³-hybridized carbons (Fsp3) is 0.185. The van der Waals surface area contributed by atoms with Gasteiger partial charge in [-0.15, -0.1) is 0 Å². The Morgan fingerprint density at radius 2 is 1.50 bits per heavy atom. The Morgan fingerprint density at radius 3 is 2.14 bits per heavy atom. The Hall–Kier alpha value is -4.66. The van der Waals surface area contributed by atoms with Gasteiger partial charge in [0.05, 0.1) is 36.4 Å². The van der Waals surface area contributed by atoms with Crippen molar-refractivity contribution >= 4 is 34.6 Å². The predicted molar refractivity (Wildman–Crippen MR) is 133 cm³/mol. The number of aromatic nitrogens is 2. The zero-order valence-electron chi connectivity index (χ0n) is 20.1. The molecule has 36 heavy (non-hydrogen) atoms. The third kappa shape index (κ3) is 5.35. The molecule has 0 unspecified atom stereocenters. The SMILES string of the molecule is COC(=O)c1cc(NC(=O)Cn2c([C@@H](C)Oc3ccccc3)nc3ccccc32)cc(C(=O)OC)c1. The number of benzene rings is 3. The number of carbonyl (C=O) groups excluding carboxylic acids is 3. The van der Waals surface area contributed by atoms with Crippen LogP contribution < -0.4 is 10.1 Å². The number of fused-ring (bicyclic) bond motifs is 1. The van der Waals surface area contributed by atoms with Gasteiger partial charge in [0.2, 0.25) is 5.91 Å². The molecule has 0 saturated heterocycles. The molecule has 1 amide bonds. The molecule has 4 aromatic rings. The zero-order chi connectivity index (χ0) is 25.7. The Morgan fingerprint density at radius 1 is 0.889 bits per heavy atom. The Kier molecular flexibility index (Phi) is 7.29. The lowest BCUT2D eigenvalue weighted by atomic mass is 10.1. The first-order valence-corrected chi connectivity index (χ1v) is 11.2. The highest BCUT2D eigenvalue weighted by atomic mass is 16.5. The van der Waals surface area contributed by atoms with Crippen molar-refractivity contribution in [2.24, 2.45) is 0 Å². The maximum Gasteiger partial charge on any atom is 0.337 e. The number of methoxy groups -OCH3 is 2. The van der Waals surface area contributed by atoms with Crippen molar-refractivity contribution in [3.05, 3.63) is 89.7 Å². The molecule has 0 radical (unpaired) electrons. The van der Waals surface area contributed by atoms with E-state index in [9.17, 15) is 14.4 Å². The first-order chi connectivity index (χ1) is 17.4. The van der Waals surface area contributed by atoms with Gasteiger partial charge in [-0.05, 0) is 49.4 Å². The molecule has 0 saturated carbocycles. The molecule has 0 aliphatic rings. The highest BCUT2D eigenvalue weighted by Crippen LogP contribution is 2.25. The summed E-state index contributed by atoms with van der Waals surface area (Å²) >= 11 is 0. The van der Waals surface area contributed by atoms with Crippen molar-refractivity contribution < 1.29 is 28.6 Å². The maximum absolute atomic E-state index is 13.1. The molecule has 0 spiro atoms. The molecule has 0 bridgehead atoms. The van der Waals surface area contributed by atoms with E-state index in [4.69, 9.17) is 19.2 Å². The molecule has 1 heterocycles. The number of carbonyl (C=O) groups is 3. The number of nitrogens with zero attached hydrogens (tertiary/aromatic N) is 2. The van der Waals surface area contributed by atoms with Crippen LogP contribution in [0.25, 0.3) is 11.0 Å². The summed E-state index contributed by atoms with van der Waals surface area (Å²) in [6, 6.07) is 21.1. The van der Waals surface area contributed by atoms with Gasteiger partial charge in [0, 0.05) is 5.69 Å². The highest BCUT2D eigenvalue weighted by Gasteiger charge is 2.21. The Bertz CT molecular complexity index is 1380. The lowest BCUT2D eigenvalue weighted by Gasteiger charge is -2.17. The van der Waals surface area contributed by atoms with E-state index in [1.807, 2.05) is 61.5 Å². The van der Waals surface area contributed by atoms with Crippen molar-refractivity contribution in [1.29, 1.82) is 0 Å². The van der Waals surface area contributed by atoms with Gasteiger partial charge >= 0.3 is 11.9 Å². The van der Waals surface area contributed by atoms with E-state index in [1.54, 1.807) is 4.57 Å². The second-order valence-electron chi connectivity index (χ2n) is 7.95. The second kappa shape index (κ2) is 10.7. The minimum absolute atomic E-state index is 0.0751. The summed E-state index contributed by atoms with van der Waals surface area (Å²) in [7, 11) is 2.46. The lowest BCUT2D eigenvalue weighted by molar-refractivity contribution is -0.116. The van der Waals surface area contributed by atoms with Crippen LogP contribution in [0.3, 0.4) is 0 Å². The molecule has 0 aliphatic carbocycles. The van der Waals surface area contributed by atoms with Crippen LogP contribution in [-0.2, 0) is 20.8 Å². The Labute approximate surface area is 207 Å². The van der Waals surface area contributed by atoms with Crippen LogP contribution in [0.15, 0.2) is 72.8 Å². The number of anilines is 1. The van der Waals surface area contributed by atoms with Crippen LogP contribution >= 0.6 is 0 Å². The number of ether oxygens (including phenoxy) is 3. The highest BCUT2D eigenvalue weighted by molar-refractivity contribution is 5.99. The summed E-state index contributed by atoms with van der Waals surface area (Å²) < 4.78 is 17.4. The van der Waals surface area contributed by atoms with Crippen LogP contribution in [0, 0.1) is 0 Å². The van der Waals surface area contributed by atoms with Gasteiger partial charge in [0.15, 0.2) is 11.9 Å². The summed E-state index contributed by atoms with van der Waals surface area (Å²) in [5.74, 6) is -0.419. The third-order valence-electron chi connectivity index (χ3n) is 5.46. The Balaban J connectivity index is 1.63. The zero-order valence-corrected chi connectivity index (χ0v) is 20.1. The molecule has 1 aromatic heterocycles. The number of esters is 2. The van der Waals surface area contributed by atoms with Crippen LogP contribution in [0.4, 0.5) is 5.69 Å². The van der Waals surface area contributed by atoms with Crippen molar-refractivity contribution in [2.75, 3.05) is 19.5 Å². The summed E-state index contributed by atoms with van der Waals surface area (Å²) in [5.41, 5.74) is 1.96. The molecule has 0 fully saturated rings. The standard InChI is InChI=1S/C27H25N3O6/c1-17(36-21-9-5-4-6-10-21)25-29-22-11-7-8-12-23(22)30(25)16-24(31)28-20-14-18(26(32)34-2)13-19(15-20)27(33)35-3/h4-15,17H,16H2,1-3H3,(H,28,31)/t17-/m1/s1. The second-order valence-corrected chi connectivity index (χ2v) is 7.95. The molecule has 1 N–H and O–H groups in total. The van der Waals surface area contributed by atoms with Crippen molar-refractivity contribution in [3.8, 4) is 5.75 Å². The van der Waals surface area contributed by atoms with E-state index in [-0.39, 0.29) is 29.3 Å². The van der Waals surface area contributed by atoms with Crippen molar-refractivity contribution in [2.45, 2.75) is 19.6 Å². The number of nitrogens with one attached hydrogen (secondary N) is 1. The van der Waals surface area contributed by atoms with Crippen LogP contribution in [0.5, 0.6) is 5.75 Å². The first-order valence-electron chi connectivity index (χ1n) is 11.2. The fourth-order valence-corrected chi connectivity index (χ4v) is 3.84. The first kappa shape index (κ1) is 24.5. The maximum atomic E-state index is 13.1. The van der Waals surface area contributed by atoms with Crippen molar-refractivity contribution in [1.82, 2.24) is 9.55 Å². The van der Waals surface area contributed by atoms with Gasteiger partial charge in [-0.2, -0.15) is 0 Å². The minimum atomic E-state index is -0.647. The quantitative estimate of drug-likeness (QED) is 0.367. The predicted octanol–water partition coefficient (Wildman–Crippen LogP) is 4.39. The van der Waals surface area contributed by atoms with Crippen LogP contribution in [0.2, 0.25) is 0 Å². The molecular formula is C27H25N3O6. The molecule has 0 aliphatic heterocycles. The number of amides is 1. The smallest absolute Gasteiger partial charge is 0.337 e. The largest absolute Gasteiger partial charge is 0.483 e. The molecular weight excluding hydrogens is 462 g/mol. The van der Waals surface area contributed by atoms with E-state index in [0.29, 0.717) is 11.6 Å². The average Bonchev–Trinajstić information content (AvgIpc) is 3.26. The monoisotopic (exact) mass is 487 g/mol. The topological polar surface area (TPSA) is 109 Å². The number of imidazole rings is 1. The molecule has 9 heteroatoms. The van der Waals surface area contributed by atoms with E-state index in [2.05, 4.69) is 5.32 Å². The van der Waals surface area contributed by atoms with Crippen LogP contribution in [-0.4, -0.2) is 41.6 Å². The van der Waals surface area contributed by atoms with E-state index >= 15 is 0 Å². The summed E-state index contributed by atoms with van der Waals surface area (Å²) in [6.45, 7) is 1.79. The molecule has 1 atom stereocenters. The fourth-order valence-electron chi connectivity index (χ4n) is 3.84. The summed E-state index contributed by atoms with van der Waals surface area (Å²) in [6.07, 6.45) is -0.443. The summed E-state index contributed by atoms with van der Waals surface area (Å²) in [5, 5.41) is 2.76. The third-order valence-corrected chi connectivity index (χ3v) is 5.46. The number of rotatable bonds is 8. The number of hydrogen-bond acceptors (Lipinski definition) is 7. The van der Waals surface area contributed by atoms with Gasteiger partial charge < -0.3 is 24.1 Å². The lowest BCUT2D eigenvalue weighted by Crippen LogP contribution is -2.22. The normalized spacial score (nSPS) is 11.5. The van der Waals surface area contributed by atoms with Crippen molar-refractivity contribution in [3.63, 3.8) is 0 Å². The molecule has 3 aromatic carbocycles. The van der Waals surface area contributed by atoms with Gasteiger partial charge in [0.25, 0.3) is 0 Å².